The van der Waals surface area contributed by atoms with E-state index in [1.54, 1.807) is 12.4 Å². The van der Waals surface area contributed by atoms with Gasteiger partial charge in [0.05, 0.1) is 12.5 Å². The first-order chi connectivity index (χ1) is 8.35. The standard InChI is InChI=1S/C12H13N5/c1-2-17(9-3-6-13)11-5-4-10-12(16-11)15-8-7-14-10/h4-5,7-8H,2-3,9H2,1H3. The van der Waals surface area contributed by atoms with Gasteiger partial charge in [0.25, 0.3) is 0 Å². The van der Waals surface area contributed by atoms with Crippen molar-refractivity contribution in [2.45, 2.75) is 13.3 Å². The van der Waals surface area contributed by atoms with Crippen LogP contribution in [0.25, 0.3) is 11.2 Å². The maximum absolute atomic E-state index is 8.61. The number of nitriles is 1. The monoisotopic (exact) mass is 227 g/mol. The molecule has 0 aliphatic rings. The van der Waals surface area contributed by atoms with E-state index in [4.69, 9.17) is 5.26 Å². The molecule has 0 fully saturated rings. The minimum atomic E-state index is 0.494. The molecule has 2 aromatic heterocycles. The zero-order valence-corrected chi connectivity index (χ0v) is 9.67. The third kappa shape index (κ3) is 2.48. The highest BCUT2D eigenvalue weighted by molar-refractivity contribution is 5.71. The molecule has 0 aromatic carbocycles. The van der Waals surface area contributed by atoms with Gasteiger partial charge in [-0.1, -0.05) is 0 Å². The van der Waals surface area contributed by atoms with Gasteiger partial charge in [-0.05, 0) is 19.1 Å². The topological polar surface area (TPSA) is 65.7 Å². The summed E-state index contributed by atoms with van der Waals surface area (Å²) < 4.78 is 0. The van der Waals surface area contributed by atoms with Gasteiger partial charge in [-0.2, -0.15) is 5.26 Å². The van der Waals surface area contributed by atoms with Gasteiger partial charge >= 0.3 is 0 Å². The van der Waals surface area contributed by atoms with Crippen LogP contribution in [-0.2, 0) is 0 Å². The molecular formula is C12H13N5. The number of hydrogen-bond donors (Lipinski definition) is 0. The Morgan fingerprint density at radius 3 is 2.88 bits per heavy atom. The van der Waals surface area contributed by atoms with Crippen LogP contribution in [0, 0.1) is 11.3 Å². The third-order valence-corrected chi connectivity index (χ3v) is 2.52. The lowest BCUT2D eigenvalue weighted by Crippen LogP contribution is -2.24. The van der Waals surface area contributed by atoms with Crippen molar-refractivity contribution >= 4 is 17.0 Å². The van der Waals surface area contributed by atoms with Gasteiger partial charge in [0.2, 0.25) is 0 Å². The maximum atomic E-state index is 8.61. The zero-order valence-electron chi connectivity index (χ0n) is 9.67. The molecule has 0 amide bonds. The first-order valence-electron chi connectivity index (χ1n) is 5.55. The van der Waals surface area contributed by atoms with Crippen molar-refractivity contribution in [2.24, 2.45) is 0 Å². The van der Waals surface area contributed by atoms with Crippen LogP contribution in [0.3, 0.4) is 0 Å². The molecule has 0 unspecified atom stereocenters. The zero-order chi connectivity index (χ0) is 12.1. The SMILES string of the molecule is CCN(CCC#N)c1ccc2nccnc2n1. The van der Waals surface area contributed by atoms with Gasteiger partial charge in [0.15, 0.2) is 5.65 Å². The van der Waals surface area contributed by atoms with E-state index in [2.05, 4.69) is 25.9 Å². The quantitative estimate of drug-likeness (QED) is 0.796. The summed E-state index contributed by atoms with van der Waals surface area (Å²) in [5.41, 5.74) is 1.42. The van der Waals surface area contributed by atoms with Gasteiger partial charge in [-0.3, -0.25) is 4.98 Å². The summed E-state index contributed by atoms with van der Waals surface area (Å²) in [5.74, 6) is 0.843. The third-order valence-electron chi connectivity index (χ3n) is 2.52. The predicted molar refractivity (Wildman–Crippen MR) is 65.5 cm³/mol. The van der Waals surface area contributed by atoms with Crippen LogP contribution in [0.15, 0.2) is 24.5 Å². The molecule has 0 bridgehead atoms. The van der Waals surface area contributed by atoms with Crippen LogP contribution in [0.5, 0.6) is 0 Å². The summed E-state index contributed by atoms with van der Waals surface area (Å²) in [4.78, 5) is 14.8. The molecule has 0 radical (unpaired) electrons. The molecule has 0 N–H and O–H groups in total. The van der Waals surface area contributed by atoms with Gasteiger partial charge in [-0.15, -0.1) is 0 Å². The molecule has 2 rings (SSSR count). The van der Waals surface area contributed by atoms with Crippen molar-refractivity contribution in [1.82, 2.24) is 15.0 Å². The highest BCUT2D eigenvalue weighted by Crippen LogP contribution is 2.14. The Bertz CT molecular complexity index is 546. The van der Waals surface area contributed by atoms with E-state index < -0.39 is 0 Å². The lowest BCUT2D eigenvalue weighted by Gasteiger charge is -2.20. The second-order valence-corrected chi connectivity index (χ2v) is 3.56. The van der Waals surface area contributed by atoms with Crippen molar-refractivity contribution in [2.75, 3.05) is 18.0 Å². The minimum absolute atomic E-state index is 0.494. The maximum Gasteiger partial charge on any atom is 0.180 e. The Balaban J connectivity index is 2.31. The number of aromatic nitrogens is 3. The first kappa shape index (κ1) is 11.3. The van der Waals surface area contributed by atoms with E-state index in [9.17, 15) is 0 Å². The first-order valence-corrected chi connectivity index (χ1v) is 5.55. The molecule has 17 heavy (non-hydrogen) atoms. The molecular weight excluding hydrogens is 214 g/mol. The molecule has 5 heteroatoms. The second kappa shape index (κ2) is 5.21. The van der Waals surface area contributed by atoms with Crippen LogP contribution in [-0.4, -0.2) is 28.0 Å². The predicted octanol–water partition coefficient (Wildman–Crippen LogP) is 1.76. The van der Waals surface area contributed by atoms with Crippen LogP contribution in [0.2, 0.25) is 0 Å². The highest BCUT2D eigenvalue weighted by Gasteiger charge is 2.06. The van der Waals surface area contributed by atoms with Crippen molar-refractivity contribution in [3.63, 3.8) is 0 Å². The Morgan fingerprint density at radius 1 is 1.29 bits per heavy atom. The fourth-order valence-electron chi connectivity index (χ4n) is 1.64. The summed E-state index contributed by atoms with van der Waals surface area (Å²) in [7, 11) is 0. The van der Waals surface area contributed by atoms with E-state index in [1.165, 1.54) is 0 Å². The van der Waals surface area contributed by atoms with E-state index in [0.717, 1.165) is 17.9 Å². The molecule has 2 aromatic rings. The summed E-state index contributed by atoms with van der Waals surface area (Å²) in [6.07, 6.45) is 3.77. The molecule has 0 saturated carbocycles. The van der Waals surface area contributed by atoms with Crippen LogP contribution >= 0.6 is 0 Å². The number of rotatable bonds is 4. The van der Waals surface area contributed by atoms with Crippen molar-refractivity contribution in [1.29, 1.82) is 5.26 Å². The van der Waals surface area contributed by atoms with E-state index in [1.807, 2.05) is 19.1 Å². The van der Waals surface area contributed by atoms with Gasteiger partial charge in [0.1, 0.15) is 11.3 Å². The van der Waals surface area contributed by atoms with Crippen molar-refractivity contribution < 1.29 is 0 Å². The van der Waals surface area contributed by atoms with Gasteiger partial charge in [-0.25, -0.2) is 9.97 Å². The lowest BCUT2D eigenvalue weighted by atomic mass is 10.3. The summed E-state index contributed by atoms with van der Waals surface area (Å²) in [5, 5.41) is 8.61. The van der Waals surface area contributed by atoms with Crippen LogP contribution in [0.4, 0.5) is 5.82 Å². The fourth-order valence-corrected chi connectivity index (χ4v) is 1.64. The average molecular weight is 227 g/mol. The fraction of sp³-hybridized carbons (Fsp3) is 0.333. The highest BCUT2D eigenvalue weighted by atomic mass is 15.2. The Hall–Kier alpha value is -2.22. The number of anilines is 1. The van der Waals surface area contributed by atoms with Crippen LogP contribution in [0.1, 0.15) is 13.3 Å². The molecule has 0 aliphatic carbocycles. The number of nitrogens with zero attached hydrogens (tertiary/aromatic N) is 5. The second-order valence-electron chi connectivity index (χ2n) is 3.56. The van der Waals surface area contributed by atoms with Gasteiger partial charge in [0, 0.05) is 25.5 Å². The lowest BCUT2D eigenvalue weighted by molar-refractivity contribution is 0.812. The molecule has 2 heterocycles. The summed E-state index contributed by atoms with van der Waals surface area (Å²) in [6, 6.07) is 5.96. The largest absolute Gasteiger partial charge is 0.356 e. The van der Waals surface area contributed by atoms with Crippen LogP contribution < -0.4 is 4.90 Å². The Kier molecular flexibility index (Phi) is 3.46. The summed E-state index contributed by atoms with van der Waals surface area (Å²) in [6.45, 7) is 3.55. The Morgan fingerprint density at radius 2 is 2.12 bits per heavy atom. The normalized spacial score (nSPS) is 10.1. The van der Waals surface area contributed by atoms with E-state index >= 15 is 0 Å². The Labute approximate surface area is 99.7 Å². The number of hydrogen-bond acceptors (Lipinski definition) is 5. The molecule has 0 atom stereocenters. The minimum Gasteiger partial charge on any atom is -0.356 e. The van der Waals surface area contributed by atoms with E-state index in [0.29, 0.717) is 18.6 Å². The van der Waals surface area contributed by atoms with Crippen molar-refractivity contribution in [3.05, 3.63) is 24.5 Å². The molecule has 0 spiro atoms. The molecule has 5 nitrogen and oxygen atoms in total. The van der Waals surface area contributed by atoms with Crippen molar-refractivity contribution in [3.8, 4) is 6.07 Å². The molecule has 0 saturated heterocycles. The smallest absolute Gasteiger partial charge is 0.180 e. The summed E-state index contributed by atoms with van der Waals surface area (Å²) >= 11 is 0. The van der Waals surface area contributed by atoms with Gasteiger partial charge < -0.3 is 4.90 Å². The average Bonchev–Trinajstić information content (AvgIpc) is 2.39. The number of pyridine rings is 1. The number of fused-ring (bicyclic) bond motifs is 1. The molecule has 86 valence electrons. The molecule has 0 aliphatic heterocycles. The van der Waals surface area contributed by atoms with E-state index in [-0.39, 0.29) is 0 Å².